The van der Waals surface area contributed by atoms with Crippen LogP contribution in [0.2, 0.25) is 0 Å². The summed E-state index contributed by atoms with van der Waals surface area (Å²) >= 11 is 3.02. The molecule has 2 aromatic rings. The van der Waals surface area contributed by atoms with Gasteiger partial charge in [-0.2, -0.15) is 0 Å². The first-order chi connectivity index (χ1) is 11.5. The fraction of sp³-hybridized carbons (Fsp3) is 0.471. The van der Waals surface area contributed by atoms with Gasteiger partial charge in [0.15, 0.2) is 0 Å². The van der Waals surface area contributed by atoms with E-state index in [1.165, 1.54) is 11.3 Å². The summed E-state index contributed by atoms with van der Waals surface area (Å²) in [4.78, 5) is 33.2. The van der Waals surface area contributed by atoms with Crippen molar-refractivity contribution in [2.75, 3.05) is 6.54 Å². The van der Waals surface area contributed by atoms with Crippen LogP contribution >= 0.6 is 22.7 Å². The Bertz CT molecular complexity index is 739. The second-order valence-electron chi connectivity index (χ2n) is 6.05. The molecule has 3 heterocycles. The number of rotatable bonds is 4. The fourth-order valence-corrected chi connectivity index (χ4v) is 4.76. The van der Waals surface area contributed by atoms with Crippen LogP contribution in [0.1, 0.15) is 51.1 Å². The SMILES string of the molecule is Cc1nc(C)c([C@H](C)NC(=O)[C@@H]2CCCN2C(=O)c2cccs2)s1. The topological polar surface area (TPSA) is 62.3 Å². The van der Waals surface area contributed by atoms with Crippen molar-refractivity contribution in [3.63, 3.8) is 0 Å². The van der Waals surface area contributed by atoms with Crippen molar-refractivity contribution >= 4 is 34.5 Å². The number of nitrogens with one attached hydrogen (secondary N) is 1. The molecule has 0 aromatic carbocycles. The number of carbonyl (C=O) groups is 2. The van der Waals surface area contributed by atoms with Crippen LogP contribution < -0.4 is 5.32 Å². The van der Waals surface area contributed by atoms with Gasteiger partial charge >= 0.3 is 0 Å². The van der Waals surface area contributed by atoms with Crippen molar-refractivity contribution < 1.29 is 9.59 Å². The molecule has 5 nitrogen and oxygen atoms in total. The third kappa shape index (κ3) is 3.37. The van der Waals surface area contributed by atoms with Crippen molar-refractivity contribution in [3.05, 3.63) is 38.0 Å². The molecule has 2 atom stereocenters. The Balaban J connectivity index is 1.69. The van der Waals surface area contributed by atoms with Crippen LogP contribution in [0, 0.1) is 13.8 Å². The molecule has 24 heavy (non-hydrogen) atoms. The summed E-state index contributed by atoms with van der Waals surface area (Å²) in [5, 5.41) is 5.95. The first-order valence-corrected chi connectivity index (χ1v) is 9.75. The molecule has 128 valence electrons. The van der Waals surface area contributed by atoms with Crippen molar-refractivity contribution in [2.24, 2.45) is 0 Å². The van der Waals surface area contributed by atoms with Crippen LogP contribution in [0.15, 0.2) is 17.5 Å². The molecule has 1 fully saturated rings. The van der Waals surface area contributed by atoms with E-state index in [4.69, 9.17) is 0 Å². The van der Waals surface area contributed by atoms with E-state index in [0.717, 1.165) is 28.4 Å². The first-order valence-electron chi connectivity index (χ1n) is 8.06. The van der Waals surface area contributed by atoms with Crippen LogP contribution in [-0.2, 0) is 4.79 Å². The Morgan fingerprint density at radius 3 is 2.83 bits per heavy atom. The molecule has 7 heteroatoms. The lowest BCUT2D eigenvalue weighted by atomic mass is 10.1. The maximum Gasteiger partial charge on any atom is 0.264 e. The number of hydrogen-bond donors (Lipinski definition) is 1. The first kappa shape index (κ1) is 17.1. The highest BCUT2D eigenvalue weighted by atomic mass is 32.1. The Morgan fingerprint density at radius 1 is 1.42 bits per heavy atom. The molecular weight excluding hydrogens is 342 g/mol. The van der Waals surface area contributed by atoms with Gasteiger partial charge < -0.3 is 10.2 Å². The molecule has 0 bridgehead atoms. The van der Waals surface area contributed by atoms with Crippen molar-refractivity contribution in [1.82, 2.24) is 15.2 Å². The fourth-order valence-electron chi connectivity index (χ4n) is 3.15. The number of likely N-dealkylation sites (tertiary alicyclic amines) is 1. The van der Waals surface area contributed by atoms with Gasteiger partial charge in [0, 0.05) is 11.4 Å². The van der Waals surface area contributed by atoms with Crippen molar-refractivity contribution in [1.29, 1.82) is 0 Å². The number of amides is 2. The molecule has 1 aliphatic heterocycles. The summed E-state index contributed by atoms with van der Waals surface area (Å²) in [7, 11) is 0. The Hall–Kier alpha value is -1.73. The van der Waals surface area contributed by atoms with Crippen molar-refractivity contribution in [3.8, 4) is 0 Å². The monoisotopic (exact) mass is 363 g/mol. The Morgan fingerprint density at radius 2 is 2.21 bits per heavy atom. The average molecular weight is 364 g/mol. The molecule has 0 saturated carbocycles. The van der Waals surface area contributed by atoms with E-state index in [2.05, 4.69) is 10.3 Å². The van der Waals surface area contributed by atoms with Crippen LogP contribution in [0.25, 0.3) is 0 Å². The lowest BCUT2D eigenvalue weighted by molar-refractivity contribution is -0.125. The number of thiazole rings is 1. The molecule has 1 N–H and O–H groups in total. The predicted molar refractivity (Wildman–Crippen MR) is 96.5 cm³/mol. The highest BCUT2D eigenvalue weighted by molar-refractivity contribution is 7.12. The summed E-state index contributed by atoms with van der Waals surface area (Å²) in [5.74, 6) is -0.115. The highest BCUT2D eigenvalue weighted by Crippen LogP contribution is 2.26. The van der Waals surface area contributed by atoms with Gasteiger partial charge in [-0.3, -0.25) is 9.59 Å². The summed E-state index contributed by atoms with van der Waals surface area (Å²) in [6.45, 7) is 6.54. The smallest absolute Gasteiger partial charge is 0.264 e. The highest BCUT2D eigenvalue weighted by Gasteiger charge is 2.35. The molecule has 0 spiro atoms. The van der Waals surface area contributed by atoms with Gasteiger partial charge in [0.1, 0.15) is 6.04 Å². The van der Waals surface area contributed by atoms with Gasteiger partial charge in [0.25, 0.3) is 5.91 Å². The van der Waals surface area contributed by atoms with E-state index in [-0.39, 0.29) is 23.9 Å². The van der Waals surface area contributed by atoms with E-state index in [0.29, 0.717) is 11.4 Å². The number of aryl methyl sites for hydroxylation is 2. The van der Waals surface area contributed by atoms with E-state index < -0.39 is 0 Å². The largest absolute Gasteiger partial charge is 0.347 e. The number of hydrogen-bond acceptors (Lipinski definition) is 5. The number of carbonyl (C=O) groups excluding carboxylic acids is 2. The van der Waals surface area contributed by atoms with E-state index in [9.17, 15) is 9.59 Å². The summed E-state index contributed by atoms with van der Waals surface area (Å²) in [6, 6.07) is 3.20. The normalized spacial score (nSPS) is 18.6. The standard InChI is InChI=1S/C17H21N3O2S2/c1-10-15(24-12(3)18-10)11(2)19-16(21)13-6-4-8-20(13)17(22)14-7-5-9-23-14/h5,7,9,11,13H,4,6,8H2,1-3H3,(H,19,21)/t11-,13-/m0/s1. The van der Waals surface area contributed by atoms with Gasteiger partial charge in [-0.05, 0) is 45.1 Å². The molecule has 0 radical (unpaired) electrons. The number of thiophene rings is 1. The van der Waals surface area contributed by atoms with Gasteiger partial charge in [-0.15, -0.1) is 22.7 Å². The zero-order valence-electron chi connectivity index (χ0n) is 14.0. The minimum absolute atomic E-state index is 0.0416. The third-order valence-corrected chi connectivity index (χ3v) is 6.35. The van der Waals surface area contributed by atoms with Gasteiger partial charge in [0.05, 0.1) is 21.6 Å². The van der Waals surface area contributed by atoms with Gasteiger partial charge in [0.2, 0.25) is 5.91 Å². The molecule has 3 rings (SSSR count). The second-order valence-corrected chi connectivity index (χ2v) is 8.23. The van der Waals surface area contributed by atoms with Crippen LogP contribution in [0.4, 0.5) is 0 Å². The van der Waals surface area contributed by atoms with Crippen LogP contribution in [-0.4, -0.2) is 34.3 Å². The van der Waals surface area contributed by atoms with Gasteiger partial charge in [-0.25, -0.2) is 4.98 Å². The molecule has 0 unspecified atom stereocenters. The minimum atomic E-state index is -0.378. The summed E-state index contributed by atoms with van der Waals surface area (Å²) in [6.07, 6.45) is 1.58. The predicted octanol–water partition coefficient (Wildman–Crippen LogP) is 3.30. The number of nitrogens with zero attached hydrogens (tertiary/aromatic N) is 2. The second kappa shape index (κ2) is 7.03. The number of aromatic nitrogens is 1. The molecule has 1 aliphatic rings. The lowest BCUT2D eigenvalue weighted by Gasteiger charge is -2.25. The third-order valence-electron chi connectivity index (χ3n) is 4.24. The quantitative estimate of drug-likeness (QED) is 0.906. The molecule has 0 aliphatic carbocycles. The molecule has 2 aromatic heterocycles. The van der Waals surface area contributed by atoms with Crippen LogP contribution in [0.5, 0.6) is 0 Å². The molecule has 2 amide bonds. The average Bonchev–Trinajstić information content (AvgIpc) is 3.26. The van der Waals surface area contributed by atoms with E-state index in [1.54, 1.807) is 16.2 Å². The Kier molecular flexibility index (Phi) is 5.01. The maximum absolute atomic E-state index is 12.7. The minimum Gasteiger partial charge on any atom is -0.347 e. The van der Waals surface area contributed by atoms with Crippen molar-refractivity contribution in [2.45, 2.75) is 45.7 Å². The zero-order chi connectivity index (χ0) is 17.3. The van der Waals surface area contributed by atoms with E-state index in [1.807, 2.05) is 38.3 Å². The lowest BCUT2D eigenvalue weighted by Crippen LogP contribution is -2.46. The van der Waals surface area contributed by atoms with Gasteiger partial charge in [-0.1, -0.05) is 6.07 Å². The summed E-state index contributed by atoms with van der Waals surface area (Å²) in [5.41, 5.74) is 0.961. The molecular formula is C17H21N3O2S2. The molecule has 1 saturated heterocycles. The van der Waals surface area contributed by atoms with Crippen LogP contribution in [0.3, 0.4) is 0 Å². The Labute approximate surface area is 149 Å². The summed E-state index contributed by atoms with van der Waals surface area (Å²) < 4.78 is 0. The maximum atomic E-state index is 12.7. The zero-order valence-corrected chi connectivity index (χ0v) is 15.7. The van der Waals surface area contributed by atoms with E-state index >= 15 is 0 Å².